The van der Waals surface area contributed by atoms with Gasteiger partial charge in [0, 0.05) is 32.3 Å². The third-order valence-corrected chi connectivity index (χ3v) is 4.83. The van der Waals surface area contributed by atoms with Crippen molar-refractivity contribution in [2.75, 3.05) is 7.11 Å². The number of allylic oxidation sites excluding steroid dienone is 2. The first-order valence-corrected chi connectivity index (χ1v) is 8.06. The molecule has 2 unspecified atom stereocenters. The fourth-order valence-corrected chi connectivity index (χ4v) is 3.55. The van der Waals surface area contributed by atoms with Gasteiger partial charge in [-0.1, -0.05) is 36.8 Å². The molecule has 0 aromatic heterocycles. The van der Waals surface area contributed by atoms with Gasteiger partial charge in [0.05, 0.1) is 0 Å². The molecule has 0 radical (unpaired) electrons. The van der Waals surface area contributed by atoms with Crippen molar-refractivity contribution in [2.45, 2.75) is 65.4 Å². The van der Waals surface area contributed by atoms with Gasteiger partial charge in [-0.05, 0) is 31.6 Å². The van der Waals surface area contributed by atoms with E-state index in [2.05, 4.69) is 44.5 Å². The Labute approximate surface area is 136 Å². The van der Waals surface area contributed by atoms with Gasteiger partial charge in [0.15, 0.2) is 0 Å². The summed E-state index contributed by atoms with van der Waals surface area (Å²) in [5.41, 5.74) is 3.06. The third kappa shape index (κ3) is 4.44. The molecule has 0 aliphatic heterocycles. The summed E-state index contributed by atoms with van der Waals surface area (Å²) in [6.07, 6.45) is 16.1. The normalized spacial score (nSPS) is 21.3. The smallest absolute Gasteiger partial charge is 0.121 e. The molecule has 1 nitrogen and oxygen atoms in total. The van der Waals surface area contributed by atoms with Crippen molar-refractivity contribution in [3.8, 4) is 36.5 Å². The summed E-state index contributed by atoms with van der Waals surface area (Å²) < 4.78 is 5.71. The second-order valence-electron chi connectivity index (χ2n) is 6.51. The summed E-state index contributed by atoms with van der Waals surface area (Å²) in [5.74, 6) is 12.3. The predicted octanol–water partition coefficient (Wildman–Crippen LogP) is 4.58. The minimum atomic E-state index is -0.0401. The lowest BCUT2D eigenvalue weighted by Crippen LogP contribution is -2.39. The quantitative estimate of drug-likeness (QED) is 0.410. The van der Waals surface area contributed by atoms with E-state index in [1.165, 1.54) is 11.1 Å². The maximum atomic E-state index is 5.71. The molecule has 0 heterocycles. The van der Waals surface area contributed by atoms with Gasteiger partial charge in [0.2, 0.25) is 0 Å². The van der Waals surface area contributed by atoms with Crippen LogP contribution in [0, 0.1) is 47.9 Å². The molecule has 0 fully saturated rings. The highest BCUT2D eigenvalue weighted by atomic mass is 16.5. The van der Waals surface area contributed by atoms with E-state index in [1.807, 2.05) is 0 Å². The van der Waals surface area contributed by atoms with Crippen LogP contribution in [-0.4, -0.2) is 13.2 Å². The van der Waals surface area contributed by atoms with Crippen molar-refractivity contribution in [1.82, 2.24) is 0 Å². The van der Waals surface area contributed by atoms with E-state index >= 15 is 0 Å². The van der Waals surface area contributed by atoms with E-state index in [4.69, 9.17) is 17.6 Å². The van der Waals surface area contributed by atoms with Crippen LogP contribution in [0.1, 0.15) is 59.3 Å². The summed E-state index contributed by atoms with van der Waals surface area (Å²) in [7, 11) is 1.75. The molecule has 2 atom stereocenters. The van der Waals surface area contributed by atoms with Gasteiger partial charge in [0.25, 0.3) is 0 Å². The number of hydrogen-bond donors (Lipinski definition) is 0. The lowest BCUT2D eigenvalue weighted by molar-refractivity contribution is 0.0384. The molecule has 0 aromatic rings. The maximum Gasteiger partial charge on any atom is 0.121 e. The minimum Gasteiger partial charge on any atom is -0.368 e. The molecule has 1 aliphatic rings. The van der Waals surface area contributed by atoms with Crippen LogP contribution in [0.25, 0.3) is 0 Å². The molecule has 0 N–H and O–H groups in total. The van der Waals surface area contributed by atoms with Crippen molar-refractivity contribution in [1.29, 1.82) is 0 Å². The van der Waals surface area contributed by atoms with Gasteiger partial charge >= 0.3 is 0 Å². The predicted molar refractivity (Wildman–Crippen MR) is 93.9 cm³/mol. The number of rotatable bonds is 5. The summed E-state index contributed by atoms with van der Waals surface area (Å²) in [6.45, 7) is 6.85. The van der Waals surface area contributed by atoms with Gasteiger partial charge in [-0.25, -0.2) is 0 Å². The number of unbranched alkanes of at least 4 members (excludes halogenated alkanes) is 1. The Morgan fingerprint density at radius 2 is 1.91 bits per heavy atom. The molecule has 22 heavy (non-hydrogen) atoms. The van der Waals surface area contributed by atoms with Crippen LogP contribution >= 0.6 is 0 Å². The molecule has 0 bridgehead atoms. The molecular weight excluding hydrogens is 268 g/mol. The van der Waals surface area contributed by atoms with Crippen LogP contribution in [0.4, 0.5) is 0 Å². The Kier molecular flexibility index (Phi) is 7.32. The zero-order valence-corrected chi connectivity index (χ0v) is 14.5. The van der Waals surface area contributed by atoms with Crippen molar-refractivity contribution < 1.29 is 4.74 Å². The first kappa shape index (κ1) is 18.4. The van der Waals surface area contributed by atoms with E-state index < -0.39 is 0 Å². The van der Waals surface area contributed by atoms with E-state index in [-0.39, 0.29) is 11.5 Å². The van der Waals surface area contributed by atoms with Crippen LogP contribution in [0.3, 0.4) is 0 Å². The van der Waals surface area contributed by atoms with Gasteiger partial charge in [0.1, 0.15) is 6.10 Å². The lowest BCUT2D eigenvalue weighted by atomic mass is 9.62. The third-order valence-electron chi connectivity index (χ3n) is 4.83. The van der Waals surface area contributed by atoms with Gasteiger partial charge in [-0.3, -0.25) is 0 Å². The average molecular weight is 296 g/mol. The zero-order chi connectivity index (χ0) is 16.6. The second-order valence-corrected chi connectivity index (χ2v) is 6.51. The summed E-state index contributed by atoms with van der Waals surface area (Å²) in [4.78, 5) is 0. The Morgan fingerprint density at radius 1 is 1.23 bits per heavy atom. The maximum absolute atomic E-state index is 5.71. The van der Waals surface area contributed by atoms with Gasteiger partial charge in [-0.15, -0.1) is 24.7 Å². The van der Waals surface area contributed by atoms with E-state index in [0.29, 0.717) is 12.3 Å². The second kappa shape index (κ2) is 8.73. The van der Waals surface area contributed by atoms with Crippen LogP contribution < -0.4 is 0 Å². The summed E-state index contributed by atoms with van der Waals surface area (Å²) >= 11 is 0. The van der Waals surface area contributed by atoms with Crippen molar-refractivity contribution >= 4 is 0 Å². The molecule has 1 heteroatoms. The number of ether oxygens (including phenoxy) is 1. The lowest BCUT2D eigenvalue weighted by Gasteiger charge is -2.44. The largest absolute Gasteiger partial charge is 0.368 e. The van der Waals surface area contributed by atoms with Crippen LogP contribution in [-0.2, 0) is 4.74 Å². The molecule has 0 aromatic carbocycles. The molecular formula is C21H28O. The first-order valence-electron chi connectivity index (χ1n) is 8.06. The summed E-state index contributed by atoms with van der Waals surface area (Å²) in [6, 6.07) is 0. The van der Waals surface area contributed by atoms with Gasteiger partial charge < -0.3 is 4.74 Å². The van der Waals surface area contributed by atoms with Crippen LogP contribution in [0.5, 0.6) is 0 Å². The topological polar surface area (TPSA) is 9.23 Å². The highest BCUT2D eigenvalue weighted by Crippen LogP contribution is 2.48. The fraction of sp³-hybridized carbons (Fsp3) is 0.619. The Bertz CT molecular complexity index is 539. The highest BCUT2D eigenvalue weighted by Gasteiger charge is 2.40. The number of methoxy groups -OCH3 is 1. The molecule has 0 amide bonds. The molecule has 1 rings (SSSR count). The van der Waals surface area contributed by atoms with E-state index in [0.717, 1.165) is 32.1 Å². The van der Waals surface area contributed by atoms with E-state index in [1.54, 1.807) is 7.11 Å². The molecule has 1 aliphatic carbocycles. The molecule has 0 spiro atoms. The Hall–Kier alpha value is -1.62. The molecule has 0 saturated heterocycles. The monoisotopic (exact) mass is 296 g/mol. The summed E-state index contributed by atoms with van der Waals surface area (Å²) in [5, 5.41) is 0. The SMILES string of the molecule is C#CCCC#CC(OC)C1CCC(C)=C(CCC#C)C1(C)C. The Balaban J connectivity index is 2.96. The van der Waals surface area contributed by atoms with E-state index in [9.17, 15) is 0 Å². The standard InChI is InChI=1S/C21H28O/c1-7-9-11-12-14-20(22-6)19-16-15-17(3)18(13-10-8-2)21(19,4)5/h1-2,19-20H,9-11,13,15-16H2,3-6H3. The van der Waals surface area contributed by atoms with Crippen molar-refractivity contribution in [3.63, 3.8) is 0 Å². The van der Waals surface area contributed by atoms with Crippen molar-refractivity contribution in [3.05, 3.63) is 11.1 Å². The molecule has 118 valence electrons. The molecule has 0 saturated carbocycles. The zero-order valence-electron chi connectivity index (χ0n) is 14.5. The fourth-order valence-electron chi connectivity index (χ4n) is 3.55. The first-order chi connectivity index (χ1) is 10.5. The highest BCUT2D eigenvalue weighted by molar-refractivity contribution is 5.27. The number of hydrogen-bond acceptors (Lipinski definition) is 1. The number of terminal acetylenes is 2. The van der Waals surface area contributed by atoms with Crippen molar-refractivity contribution in [2.24, 2.45) is 11.3 Å². The van der Waals surface area contributed by atoms with Gasteiger partial charge in [-0.2, -0.15) is 0 Å². The Morgan fingerprint density at radius 3 is 2.50 bits per heavy atom. The van der Waals surface area contributed by atoms with Crippen LogP contribution in [0.15, 0.2) is 11.1 Å². The average Bonchev–Trinajstić information content (AvgIpc) is 2.48. The van der Waals surface area contributed by atoms with Crippen LogP contribution in [0.2, 0.25) is 0 Å². The minimum absolute atomic E-state index is 0.0401.